The van der Waals surface area contributed by atoms with Crippen LogP contribution in [0.25, 0.3) is 11.3 Å². The molecule has 2 aliphatic heterocycles. The van der Waals surface area contributed by atoms with E-state index in [9.17, 15) is 5.26 Å². The molecule has 3 aromatic rings. The number of aromatic nitrogens is 2. The summed E-state index contributed by atoms with van der Waals surface area (Å²) < 4.78 is 11.7. The molecule has 2 aliphatic rings. The molecule has 2 aromatic carbocycles. The van der Waals surface area contributed by atoms with Crippen LogP contribution in [0, 0.1) is 11.3 Å². The summed E-state index contributed by atoms with van der Waals surface area (Å²) in [6, 6.07) is 18.5. The summed E-state index contributed by atoms with van der Waals surface area (Å²) in [6.07, 6.45) is 3.80. The molecular weight excluding hydrogens is 452 g/mol. The minimum Gasteiger partial charge on any atom is -0.489 e. The molecule has 5 rings (SSSR count). The highest BCUT2D eigenvalue weighted by Gasteiger charge is 2.23. The third kappa shape index (κ3) is 5.59. The van der Waals surface area contributed by atoms with Crippen LogP contribution < -0.4 is 15.0 Å². The number of likely N-dealkylation sites (tertiary alicyclic amines) is 1. The summed E-state index contributed by atoms with van der Waals surface area (Å²) in [5, 5.41) is 13.1. The monoisotopic (exact) mass is 486 g/mol. The Hall–Kier alpha value is -3.67. The Kier molecular flexibility index (Phi) is 7.31. The molecule has 0 aliphatic carbocycles. The molecule has 2 fully saturated rings. The first kappa shape index (κ1) is 24.0. The van der Waals surface area contributed by atoms with E-state index in [4.69, 9.17) is 9.47 Å². The SMILES string of the molecule is CC(C)N1CCC(Oc2ccc(-c3ccnc(Nc4ccc(N5CCOC5)cc4)n3)cc2C#N)CC1.[HH]. The number of rotatable bonds is 7. The molecule has 0 spiro atoms. The molecule has 0 amide bonds. The summed E-state index contributed by atoms with van der Waals surface area (Å²) in [7, 11) is 0. The largest absolute Gasteiger partial charge is 0.489 e. The lowest BCUT2D eigenvalue weighted by Gasteiger charge is -2.34. The predicted octanol–water partition coefficient (Wildman–Crippen LogP) is 5.05. The van der Waals surface area contributed by atoms with Crippen molar-refractivity contribution in [3.05, 3.63) is 60.3 Å². The zero-order chi connectivity index (χ0) is 24.9. The Bertz CT molecular complexity index is 1220. The summed E-state index contributed by atoms with van der Waals surface area (Å²) in [6.45, 7) is 8.79. The summed E-state index contributed by atoms with van der Waals surface area (Å²) >= 11 is 0. The number of nitriles is 1. The van der Waals surface area contributed by atoms with Gasteiger partial charge < -0.3 is 24.6 Å². The average Bonchev–Trinajstić information content (AvgIpc) is 3.45. The molecular formula is C28H34N6O2. The normalized spacial score (nSPS) is 16.8. The van der Waals surface area contributed by atoms with E-state index in [0.717, 1.165) is 61.7 Å². The maximum Gasteiger partial charge on any atom is 0.227 e. The lowest BCUT2D eigenvalue weighted by atomic mass is 10.0. The summed E-state index contributed by atoms with van der Waals surface area (Å²) in [4.78, 5) is 13.7. The number of nitrogens with zero attached hydrogens (tertiary/aromatic N) is 5. The third-order valence-electron chi connectivity index (χ3n) is 6.79. The van der Waals surface area contributed by atoms with Crippen molar-refractivity contribution in [1.29, 1.82) is 5.26 Å². The molecule has 1 N–H and O–H groups in total. The van der Waals surface area contributed by atoms with Gasteiger partial charge in [0.15, 0.2) is 0 Å². The van der Waals surface area contributed by atoms with Crippen LogP contribution in [-0.4, -0.2) is 60.0 Å². The highest BCUT2D eigenvalue weighted by atomic mass is 16.5. The Morgan fingerprint density at radius 2 is 1.92 bits per heavy atom. The second-order valence-corrected chi connectivity index (χ2v) is 9.51. The molecule has 0 saturated carbocycles. The first-order valence-corrected chi connectivity index (χ1v) is 12.6. The predicted molar refractivity (Wildman–Crippen MR) is 143 cm³/mol. The number of anilines is 3. The van der Waals surface area contributed by atoms with Crippen LogP contribution in [0.15, 0.2) is 54.7 Å². The number of benzene rings is 2. The quantitative estimate of drug-likeness (QED) is 0.496. The van der Waals surface area contributed by atoms with E-state index in [1.165, 1.54) is 0 Å². The van der Waals surface area contributed by atoms with Crippen LogP contribution >= 0.6 is 0 Å². The Morgan fingerprint density at radius 1 is 1.11 bits per heavy atom. The molecule has 0 radical (unpaired) electrons. The van der Waals surface area contributed by atoms with Gasteiger partial charge in [0, 0.05) is 50.2 Å². The number of hydrogen-bond donors (Lipinski definition) is 1. The van der Waals surface area contributed by atoms with E-state index in [-0.39, 0.29) is 7.53 Å². The zero-order valence-electron chi connectivity index (χ0n) is 20.9. The van der Waals surface area contributed by atoms with E-state index >= 15 is 0 Å². The highest BCUT2D eigenvalue weighted by molar-refractivity contribution is 5.66. The van der Waals surface area contributed by atoms with Crippen LogP contribution in [0.4, 0.5) is 17.3 Å². The van der Waals surface area contributed by atoms with E-state index < -0.39 is 0 Å². The fourth-order valence-corrected chi connectivity index (χ4v) is 4.65. The van der Waals surface area contributed by atoms with Gasteiger partial charge in [0.1, 0.15) is 24.7 Å². The van der Waals surface area contributed by atoms with Crippen molar-refractivity contribution in [2.75, 3.05) is 43.2 Å². The number of hydrogen-bond acceptors (Lipinski definition) is 8. The van der Waals surface area contributed by atoms with Gasteiger partial charge in [-0.1, -0.05) is 0 Å². The first-order chi connectivity index (χ1) is 17.6. The van der Waals surface area contributed by atoms with Gasteiger partial charge in [-0.15, -0.1) is 0 Å². The van der Waals surface area contributed by atoms with Crippen molar-refractivity contribution in [3.63, 3.8) is 0 Å². The van der Waals surface area contributed by atoms with Crippen molar-refractivity contribution >= 4 is 17.3 Å². The van der Waals surface area contributed by atoms with E-state index in [0.29, 0.717) is 30.0 Å². The lowest BCUT2D eigenvalue weighted by Crippen LogP contribution is -2.41. The van der Waals surface area contributed by atoms with Crippen LogP contribution in [-0.2, 0) is 4.74 Å². The first-order valence-electron chi connectivity index (χ1n) is 12.6. The standard InChI is InChI=1S/C28H32N6O2.H2/c1-20(2)33-13-10-25(11-14-33)36-27-8-3-21(17-22(27)18-29)26-9-12-30-28(32-26)31-23-4-6-24(7-5-23)34-15-16-35-19-34;/h3-9,12,17,20,25H,10-11,13-16,19H2,1-2H3,(H,30,31,32);1H. The molecule has 0 atom stereocenters. The van der Waals surface area contributed by atoms with Gasteiger partial charge in [0.2, 0.25) is 5.95 Å². The molecule has 8 nitrogen and oxygen atoms in total. The van der Waals surface area contributed by atoms with Crippen molar-refractivity contribution in [2.45, 2.75) is 38.8 Å². The van der Waals surface area contributed by atoms with E-state index in [2.05, 4.69) is 57.1 Å². The van der Waals surface area contributed by atoms with Crippen molar-refractivity contribution in [3.8, 4) is 23.1 Å². The van der Waals surface area contributed by atoms with Gasteiger partial charge in [0.05, 0.1) is 17.9 Å². The molecule has 0 unspecified atom stereocenters. The topological polar surface area (TPSA) is 86.5 Å². The van der Waals surface area contributed by atoms with Gasteiger partial charge in [-0.05, 0) is 75.2 Å². The molecule has 3 heterocycles. The molecule has 2 saturated heterocycles. The smallest absolute Gasteiger partial charge is 0.227 e. The molecule has 1 aromatic heterocycles. The second-order valence-electron chi connectivity index (χ2n) is 9.51. The highest BCUT2D eigenvalue weighted by Crippen LogP contribution is 2.29. The van der Waals surface area contributed by atoms with E-state index in [1.54, 1.807) is 6.20 Å². The molecule has 0 bridgehead atoms. The maximum atomic E-state index is 9.79. The summed E-state index contributed by atoms with van der Waals surface area (Å²) in [5.74, 6) is 1.14. The Balaban J connectivity index is 0.00000320. The lowest BCUT2D eigenvalue weighted by molar-refractivity contribution is 0.0841. The van der Waals surface area contributed by atoms with Crippen LogP contribution in [0.2, 0.25) is 0 Å². The third-order valence-corrected chi connectivity index (χ3v) is 6.79. The van der Waals surface area contributed by atoms with Gasteiger partial charge >= 0.3 is 0 Å². The van der Waals surface area contributed by atoms with Crippen LogP contribution in [0.5, 0.6) is 5.75 Å². The minimum atomic E-state index is 0. The Morgan fingerprint density at radius 3 is 2.61 bits per heavy atom. The van der Waals surface area contributed by atoms with Crippen molar-refractivity contribution in [2.24, 2.45) is 0 Å². The fraction of sp³-hybridized carbons (Fsp3) is 0.393. The van der Waals surface area contributed by atoms with Gasteiger partial charge in [-0.25, -0.2) is 9.97 Å². The van der Waals surface area contributed by atoms with Crippen molar-refractivity contribution < 1.29 is 10.9 Å². The van der Waals surface area contributed by atoms with Crippen LogP contribution in [0.3, 0.4) is 0 Å². The molecule has 8 heteroatoms. The fourth-order valence-electron chi connectivity index (χ4n) is 4.65. The Labute approximate surface area is 214 Å². The second kappa shape index (κ2) is 10.9. The maximum absolute atomic E-state index is 9.79. The number of piperidine rings is 1. The summed E-state index contributed by atoms with van der Waals surface area (Å²) in [5.41, 5.74) is 4.15. The van der Waals surface area contributed by atoms with Crippen molar-refractivity contribution in [1.82, 2.24) is 14.9 Å². The van der Waals surface area contributed by atoms with Gasteiger partial charge in [-0.2, -0.15) is 5.26 Å². The number of nitrogens with one attached hydrogen (secondary N) is 1. The minimum absolute atomic E-state index is 0. The van der Waals surface area contributed by atoms with Gasteiger partial charge in [0.25, 0.3) is 0 Å². The molecule has 188 valence electrons. The van der Waals surface area contributed by atoms with E-state index in [1.807, 2.05) is 36.4 Å². The molecule has 36 heavy (non-hydrogen) atoms. The number of ether oxygens (including phenoxy) is 2. The zero-order valence-corrected chi connectivity index (χ0v) is 20.9. The van der Waals surface area contributed by atoms with Gasteiger partial charge in [-0.3, -0.25) is 0 Å². The average molecular weight is 487 g/mol. The van der Waals surface area contributed by atoms with Crippen LogP contribution in [0.1, 0.15) is 33.7 Å².